The number of hydrogen-bond donors (Lipinski definition) is 1. The highest BCUT2D eigenvalue weighted by Crippen LogP contribution is 2.36. The molecule has 0 heterocycles. The Labute approximate surface area is 227 Å². The van der Waals surface area contributed by atoms with Crippen LogP contribution in [-0.4, -0.2) is 20.1 Å². The number of rotatable bonds is 8. The first-order valence-electron chi connectivity index (χ1n) is 11.9. The Balaban J connectivity index is 1.71. The summed E-state index contributed by atoms with van der Waals surface area (Å²) in [4.78, 5) is 13.2. The highest BCUT2D eigenvalue weighted by Gasteiger charge is 2.17. The van der Waals surface area contributed by atoms with Crippen LogP contribution in [0.1, 0.15) is 22.3 Å². The minimum absolute atomic E-state index is 0.103. The molecular formula is C31H27ClN2O4. The third kappa shape index (κ3) is 5.74. The van der Waals surface area contributed by atoms with Crippen molar-refractivity contribution < 1.29 is 19.0 Å². The molecule has 0 spiro atoms. The van der Waals surface area contributed by atoms with E-state index in [-0.39, 0.29) is 5.57 Å². The average molecular weight is 527 g/mol. The van der Waals surface area contributed by atoms with Crippen LogP contribution in [0.5, 0.6) is 17.2 Å². The Bertz CT molecular complexity index is 1590. The fourth-order valence-electron chi connectivity index (χ4n) is 4.05. The lowest BCUT2D eigenvalue weighted by atomic mass is 10.0. The number of benzene rings is 4. The lowest BCUT2D eigenvalue weighted by Gasteiger charge is -2.14. The molecule has 6 nitrogen and oxygen atoms in total. The first-order chi connectivity index (χ1) is 18.3. The number of anilines is 1. The first kappa shape index (κ1) is 26.6. The van der Waals surface area contributed by atoms with Crippen molar-refractivity contribution in [2.45, 2.75) is 20.5 Å². The molecule has 0 saturated carbocycles. The van der Waals surface area contributed by atoms with Gasteiger partial charge in [0.1, 0.15) is 35.5 Å². The molecule has 1 N–H and O–H groups in total. The average Bonchev–Trinajstić information content (AvgIpc) is 2.93. The molecule has 38 heavy (non-hydrogen) atoms. The molecule has 7 heteroatoms. The topological polar surface area (TPSA) is 80.6 Å². The van der Waals surface area contributed by atoms with E-state index in [0.717, 1.165) is 16.3 Å². The SMILES string of the molecule is COc1cc(NC(=O)/C(C#N)=C/c2c(OCc3ccc(C)c(C)c3)ccc3ccccc23)c(OC)cc1Cl. The number of methoxy groups -OCH3 is 2. The second-order valence-electron chi connectivity index (χ2n) is 8.72. The van der Waals surface area contributed by atoms with Crippen molar-refractivity contribution in [1.29, 1.82) is 5.26 Å². The van der Waals surface area contributed by atoms with E-state index in [1.54, 1.807) is 12.1 Å². The Morgan fingerprint density at radius 3 is 2.42 bits per heavy atom. The molecule has 0 aliphatic rings. The van der Waals surface area contributed by atoms with Crippen LogP contribution in [0.15, 0.2) is 72.3 Å². The van der Waals surface area contributed by atoms with E-state index in [1.165, 1.54) is 31.4 Å². The number of fused-ring (bicyclic) bond motifs is 1. The second-order valence-corrected chi connectivity index (χ2v) is 9.12. The summed E-state index contributed by atoms with van der Waals surface area (Å²) in [6, 6.07) is 22.8. The lowest BCUT2D eigenvalue weighted by molar-refractivity contribution is -0.112. The summed E-state index contributed by atoms with van der Waals surface area (Å²) in [6.07, 6.45) is 1.55. The predicted molar refractivity (Wildman–Crippen MR) is 151 cm³/mol. The summed E-state index contributed by atoms with van der Waals surface area (Å²) in [5.41, 5.74) is 4.28. The number of nitrogens with one attached hydrogen (secondary N) is 1. The van der Waals surface area contributed by atoms with Crippen LogP contribution >= 0.6 is 11.6 Å². The lowest BCUT2D eigenvalue weighted by Crippen LogP contribution is -2.14. The van der Waals surface area contributed by atoms with Gasteiger partial charge in [-0.25, -0.2) is 0 Å². The van der Waals surface area contributed by atoms with Gasteiger partial charge in [-0.3, -0.25) is 4.79 Å². The van der Waals surface area contributed by atoms with Crippen LogP contribution < -0.4 is 19.5 Å². The number of ether oxygens (including phenoxy) is 3. The zero-order valence-corrected chi connectivity index (χ0v) is 22.3. The van der Waals surface area contributed by atoms with Gasteiger partial charge in [0.2, 0.25) is 0 Å². The third-order valence-corrected chi connectivity index (χ3v) is 6.57. The van der Waals surface area contributed by atoms with Gasteiger partial charge < -0.3 is 19.5 Å². The van der Waals surface area contributed by atoms with Crippen LogP contribution in [0.3, 0.4) is 0 Å². The highest BCUT2D eigenvalue weighted by atomic mass is 35.5. The van der Waals surface area contributed by atoms with E-state index in [2.05, 4.69) is 31.3 Å². The van der Waals surface area contributed by atoms with Crippen LogP contribution in [0.25, 0.3) is 16.8 Å². The fourth-order valence-corrected chi connectivity index (χ4v) is 4.28. The van der Waals surface area contributed by atoms with Crippen molar-refractivity contribution in [3.05, 3.63) is 99.6 Å². The number of nitrogens with zero attached hydrogens (tertiary/aromatic N) is 1. The molecule has 1 amide bonds. The maximum absolute atomic E-state index is 13.2. The van der Waals surface area contributed by atoms with E-state index in [4.69, 9.17) is 25.8 Å². The normalized spacial score (nSPS) is 11.1. The largest absolute Gasteiger partial charge is 0.495 e. The summed E-state index contributed by atoms with van der Waals surface area (Å²) in [5.74, 6) is 0.654. The van der Waals surface area contributed by atoms with E-state index < -0.39 is 5.91 Å². The molecule has 0 saturated heterocycles. The van der Waals surface area contributed by atoms with E-state index in [1.807, 2.05) is 48.5 Å². The van der Waals surface area contributed by atoms with Crippen LogP contribution in [0.2, 0.25) is 5.02 Å². The second kappa shape index (κ2) is 11.7. The summed E-state index contributed by atoms with van der Waals surface area (Å²) < 4.78 is 16.8. The number of hydrogen-bond acceptors (Lipinski definition) is 5. The molecule has 0 unspecified atom stereocenters. The number of amides is 1. The molecule has 4 aromatic carbocycles. The molecule has 0 aliphatic heterocycles. The summed E-state index contributed by atoms with van der Waals surface area (Å²) in [5, 5.41) is 14.8. The van der Waals surface area contributed by atoms with Gasteiger partial charge >= 0.3 is 0 Å². The van der Waals surface area contributed by atoms with Crippen LogP contribution in [0.4, 0.5) is 5.69 Å². The predicted octanol–water partition coefficient (Wildman–Crippen LogP) is 7.25. The number of aryl methyl sites for hydroxylation is 2. The zero-order chi connectivity index (χ0) is 27.2. The van der Waals surface area contributed by atoms with Crippen molar-refractivity contribution in [3.63, 3.8) is 0 Å². The van der Waals surface area contributed by atoms with Gasteiger partial charge in [0.25, 0.3) is 5.91 Å². The molecule has 0 aliphatic carbocycles. The number of carbonyl (C=O) groups excluding carboxylic acids is 1. The van der Waals surface area contributed by atoms with Gasteiger partial charge in [-0.2, -0.15) is 5.26 Å². The number of nitriles is 1. The molecule has 0 atom stereocenters. The molecular weight excluding hydrogens is 500 g/mol. The molecule has 4 rings (SSSR count). The van der Waals surface area contributed by atoms with E-state index in [9.17, 15) is 10.1 Å². The Kier molecular flexibility index (Phi) is 8.20. The molecule has 0 fully saturated rings. The van der Waals surface area contributed by atoms with Gasteiger partial charge in [0.15, 0.2) is 0 Å². The molecule has 0 radical (unpaired) electrons. The Morgan fingerprint density at radius 1 is 0.947 bits per heavy atom. The van der Waals surface area contributed by atoms with Gasteiger partial charge in [-0.15, -0.1) is 0 Å². The summed E-state index contributed by atoms with van der Waals surface area (Å²) >= 11 is 6.18. The smallest absolute Gasteiger partial charge is 0.266 e. The quantitative estimate of drug-likeness (QED) is 0.193. The minimum atomic E-state index is -0.608. The Morgan fingerprint density at radius 2 is 1.71 bits per heavy atom. The van der Waals surface area contributed by atoms with Gasteiger partial charge in [0, 0.05) is 17.7 Å². The van der Waals surface area contributed by atoms with Gasteiger partial charge in [-0.05, 0) is 53.5 Å². The number of carbonyl (C=O) groups is 1. The van der Waals surface area contributed by atoms with E-state index in [0.29, 0.717) is 40.1 Å². The van der Waals surface area contributed by atoms with Crippen LogP contribution in [-0.2, 0) is 11.4 Å². The van der Waals surface area contributed by atoms with Crippen molar-refractivity contribution in [1.82, 2.24) is 0 Å². The molecule has 0 aromatic heterocycles. The fraction of sp³-hybridized carbons (Fsp3) is 0.161. The van der Waals surface area contributed by atoms with Crippen molar-refractivity contribution in [2.24, 2.45) is 0 Å². The summed E-state index contributed by atoms with van der Waals surface area (Å²) in [6.45, 7) is 4.47. The summed E-state index contributed by atoms with van der Waals surface area (Å²) in [7, 11) is 2.93. The van der Waals surface area contributed by atoms with Crippen molar-refractivity contribution in [2.75, 3.05) is 19.5 Å². The maximum Gasteiger partial charge on any atom is 0.266 e. The number of halogens is 1. The molecule has 4 aromatic rings. The minimum Gasteiger partial charge on any atom is -0.495 e. The third-order valence-electron chi connectivity index (χ3n) is 6.27. The monoisotopic (exact) mass is 526 g/mol. The Hall–Kier alpha value is -4.47. The van der Waals surface area contributed by atoms with Crippen molar-refractivity contribution >= 4 is 40.0 Å². The zero-order valence-electron chi connectivity index (χ0n) is 21.6. The molecule has 0 bridgehead atoms. The first-order valence-corrected chi connectivity index (χ1v) is 12.3. The maximum atomic E-state index is 13.2. The van der Waals surface area contributed by atoms with Gasteiger partial charge in [0.05, 0.1) is 24.9 Å². The molecule has 192 valence electrons. The highest BCUT2D eigenvalue weighted by molar-refractivity contribution is 6.32. The van der Waals surface area contributed by atoms with Gasteiger partial charge in [-0.1, -0.05) is 60.1 Å². The van der Waals surface area contributed by atoms with Crippen molar-refractivity contribution in [3.8, 4) is 23.3 Å². The van der Waals surface area contributed by atoms with Crippen LogP contribution in [0, 0.1) is 25.2 Å². The van der Waals surface area contributed by atoms with E-state index >= 15 is 0 Å². The standard InChI is InChI=1S/C31H27ClN2O4/c1-19-9-10-21(13-20(19)2)18-38-28-12-11-22-7-5-6-8-24(22)25(28)14-23(17-33)31(35)34-27-16-29(36-3)26(32)15-30(27)37-4/h5-16H,18H2,1-4H3,(H,34,35)/b23-14+.